The minimum atomic E-state index is -1.07. The van der Waals surface area contributed by atoms with Gasteiger partial charge in [-0.2, -0.15) is 0 Å². The van der Waals surface area contributed by atoms with E-state index >= 15 is 0 Å². The fourth-order valence-corrected chi connectivity index (χ4v) is 2.30. The molecule has 1 heterocycles. The van der Waals surface area contributed by atoms with E-state index < -0.39 is 24.0 Å². The van der Waals surface area contributed by atoms with Crippen molar-refractivity contribution >= 4 is 11.9 Å². The van der Waals surface area contributed by atoms with Crippen LogP contribution in [0.4, 0.5) is 0 Å². The molecule has 0 saturated carbocycles. The van der Waals surface area contributed by atoms with Crippen LogP contribution < -0.4 is 0 Å². The van der Waals surface area contributed by atoms with Crippen molar-refractivity contribution in [2.24, 2.45) is 5.92 Å². The first-order chi connectivity index (χ1) is 9.69. The third-order valence-electron chi connectivity index (χ3n) is 3.16. The normalized spacial score (nSPS) is 16.9. The Balaban J connectivity index is 2.28. The minimum absolute atomic E-state index is 0.211. The van der Waals surface area contributed by atoms with E-state index in [0.717, 1.165) is 11.1 Å². The van der Waals surface area contributed by atoms with Crippen LogP contribution in [-0.2, 0) is 30.4 Å². The van der Waals surface area contributed by atoms with Crippen LogP contribution in [0.1, 0.15) is 31.1 Å². The van der Waals surface area contributed by atoms with E-state index in [2.05, 4.69) is 0 Å². The molecular formula is C15H18O5. The highest BCUT2D eigenvalue weighted by molar-refractivity contribution is 5.96. The maximum atomic E-state index is 12.1. The van der Waals surface area contributed by atoms with Crippen molar-refractivity contribution in [1.82, 2.24) is 0 Å². The average Bonchev–Trinajstić information content (AvgIpc) is 2.84. The van der Waals surface area contributed by atoms with Crippen LogP contribution in [0.25, 0.3) is 0 Å². The molecule has 0 aliphatic carbocycles. The van der Waals surface area contributed by atoms with E-state index in [1.165, 1.54) is 0 Å². The Morgan fingerprint density at radius 1 is 1.20 bits per heavy atom. The Morgan fingerprint density at radius 2 is 1.80 bits per heavy atom. The maximum Gasteiger partial charge on any atom is 0.323 e. The molecule has 1 atom stereocenters. The van der Waals surface area contributed by atoms with Crippen LogP contribution in [0.3, 0.4) is 0 Å². The molecule has 0 amide bonds. The van der Waals surface area contributed by atoms with Crippen LogP contribution in [0, 0.1) is 5.92 Å². The van der Waals surface area contributed by atoms with Crippen molar-refractivity contribution in [1.29, 1.82) is 0 Å². The molecule has 1 aliphatic heterocycles. The first kappa shape index (κ1) is 14.5. The Bertz CT molecular complexity index is 479. The molecule has 2 rings (SSSR count). The average molecular weight is 278 g/mol. The smallest absolute Gasteiger partial charge is 0.323 e. The second kappa shape index (κ2) is 6.52. The quantitative estimate of drug-likeness (QED) is 0.609. The molecule has 0 radical (unpaired) electrons. The van der Waals surface area contributed by atoms with Gasteiger partial charge in [-0.15, -0.1) is 0 Å². The lowest BCUT2D eigenvalue weighted by atomic mass is 9.94. The van der Waals surface area contributed by atoms with Crippen molar-refractivity contribution < 1.29 is 23.8 Å². The van der Waals surface area contributed by atoms with Gasteiger partial charge in [0.15, 0.2) is 5.92 Å². The van der Waals surface area contributed by atoms with Gasteiger partial charge in [-0.25, -0.2) is 0 Å². The summed E-state index contributed by atoms with van der Waals surface area (Å²) in [6.07, 6.45) is -0.635. The van der Waals surface area contributed by atoms with Crippen molar-refractivity contribution in [3.63, 3.8) is 0 Å². The van der Waals surface area contributed by atoms with Crippen LogP contribution in [-0.4, -0.2) is 25.2 Å². The summed E-state index contributed by atoms with van der Waals surface area (Å²) in [7, 11) is 0. The van der Waals surface area contributed by atoms with Gasteiger partial charge in [-0.3, -0.25) is 9.59 Å². The summed E-state index contributed by atoms with van der Waals surface area (Å²) >= 11 is 0. The van der Waals surface area contributed by atoms with Crippen molar-refractivity contribution in [2.45, 2.75) is 26.6 Å². The summed E-state index contributed by atoms with van der Waals surface area (Å²) in [5, 5.41) is 0. The summed E-state index contributed by atoms with van der Waals surface area (Å²) in [5.41, 5.74) is 1.83. The largest absolute Gasteiger partial charge is 0.465 e. The number of rotatable bonds is 5. The van der Waals surface area contributed by atoms with E-state index in [9.17, 15) is 9.59 Å². The van der Waals surface area contributed by atoms with Gasteiger partial charge in [0.25, 0.3) is 0 Å². The number of fused-ring (bicyclic) bond motifs is 1. The Hall–Kier alpha value is -1.88. The number of esters is 2. The van der Waals surface area contributed by atoms with Gasteiger partial charge in [0.1, 0.15) is 6.10 Å². The second-order valence-electron chi connectivity index (χ2n) is 4.41. The summed E-state index contributed by atoms with van der Waals surface area (Å²) in [5.74, 6) is -2.28. The zero-order valence-corrected chi connectivity index (χ0v) is 11.6. The van der Waals surface area contributed by atoms with Crippen molar-refractivity contribution in [2.75, 3.05) is 13.2 Å². The van der Waals surface area contributed by atoms with Gasteiger partial charge in [0, 0.05) is 0 Å². The summed E-state index contributed by atoms with van der Waals surface area (Å²) in [6.45, 7) is 4.20. The molecule has 0 fully saturated rings. The topological polar surface area (TPSA) is 61.8 Å². The van der Waals surface area contributed by atoms with Crippen molar-refractivity contribution in [3.8, 4) is 0 Å². The Kier molecular flexibility index (Phi) is 4.74. The molecule has 1 aromatic carbocycles. The van der Waals surface area contributed by atoms with Crippen molar-refractivity contribution in [3.05, 3.63) is 35.4 Å². The molecule has 1 aliphatic rings. The van der Waals surface area contributed by atoms with Gasteiger partial charge in [0.2, 0.25) is 0 Å². The van der Waals surface area contributed by atoms with E-state index in [1.54, 1.807) is 13.8 Å². The lowest BCUT2D eigenvalue weighted by molar-refractivity contribution is -0.169. The number of hydrogen-bond acceptors (Lipinski definition) is 5. The third-order valence-corrected chi connectivity index (χ3v) is 3.16. The van der Waals surface area contributed by atoms with Gasteiger partial charge in [0.05, 0.1) is 19.8 Å². The zero-order chi connectivity index (χ0) is 14.5. The van der Waals surface area contributed by atoms with E-state index in [0.29, 0.717) is 6.61 Å². The molecule has 5 nitrogen and oxygen atoms in total. The standard InChI is InChI=1S/C15H18O5/c1-3-18-14(16)12(15(17)19-4-2)13-11-8-6-5-7-10(11)9-20-13/h5-8,12-13H,3-4,9H2,1-2H3. The molecule has 0 saturated heterocycles. The molecular weight excluding hydrogens is 260 g/mol. The second-order valence-corrected chi connectivity index (χ2v) is 4.41. The summed E-state index contributed by atoms with van der Waals surface area (Å²) in [4.78, 5) is 24.1. The van der Waals surface area contributed by atoms with Crippen LogP contribution in [0.5, 0.6) is 0 Å². The van der Waals surface area contributed by atoms with Gasteiger partial charge in [-0.05, 0) is 25.0 Å². The minimum Gasteiger partial charge on any atom is -0.465 e. The maximum absolute atomic E-state index is 12.1. The molecule has 0 bridgehead atoms. The predicted octanol–water partition coefficient (Wildman–Crippen LogP) is 2.00. The zero-order valence-electron chi connectivity index (χ0n) is 11.6. The number of carbonyl (C=O) groups is 2. The highest BCUT2D eigenvalue weighted by Gasteiger charge is 2.42. The van der Waals surface area contributed by atoms with E-state index in [4.69, 9.17) is 14.2 Å². The number of carbonyl (C=O) groups excluding carboxylic acids is 2. The third kappa shape index (κ3) is 2.82. The van der Waals surface area contributed by atoms with Gasteiger partial charge >= 0.3 is 11.9 Å². The lowest BCUT2D eigenvalue weighted by Gasteiger charge is -2.20. The molecule has 5 heteroatoms. The van der Waals surface area contributed by atoms with Gasteiger partial charge in [-0.1, -0.05) is 24.3 Å². The van der Waals surface area contributed by atoms with E-state index in [-0.39, 0.29) is 13.2 Å². The molecule has 108 valence electrons. The van der Waals surface area contributed by atoms with Crippen LogP contribution in [0.2, 0.25) is 0 Å². The predicted molar refractivity (Wildman–Crippen MR) is 70.7 cm³/mol. The fourth-order valence-electron chi connectivity index (χ4n) is 2.30. The van der Waals surface area contributed by atoms with Gasteiger partial charge < -0.3 is 14.2 Å². The highest BCUT2D eigenvalue weighted by Crippen LogP contribution is 2.37. The highest BCUT2D eigenvalue weighted by atomic mass is 16.6. The first-order valence-corrected chi connectivity index (χ1v) is 6.71. The van der Waals surface area contributed by atoms with Crippen LogP contribution in [0.15, 0.2) is 24.3 Å². The van der Waals surface area contributed by atoms with E-state index in [1.807, 2.05) is 24.3 Å². The summed E-state index contributed by atoms with van der Waals surface area (Å²) < 4.78 is 15.6. The molecule has 0 spiro atoms. The molecule has 1 unspecified atom stereocenters. The summed E-state index contributed by atoms with van der Waals surface area (Å²) in [6, 6.07) is 7.53. The number of ether oxygens (including phenoxy) is 3. The first-order valence-electron chi connectivity index (χ1n) is 6.71. The monoisotopic (exact) mass is 278 g/mol. The van der Waals surface area contributed by atoms with Crippen LogP contribution >= 0.6 is 0 Å². The molecule has 1 aromatic rings. The molecule has 0 N–H and O–H groups in total. The Morgan fingerprint density at radius 3 is 2.40 bits per heavy atom. The lowest BCUT2D eigenvalue weighted by Crippen LogP contribution is -2.33. The molecule has 0 aromatic heterocycles. The number of hydrogen-bond donors (Lipinski definition) is 0. The fraction of sp³-hybridized carbons (Fsp3) is 0.467. The number of benzene rings is 1. The Labute approximate surface area is 117 Å². The SMILES string of the molecule is CCOC(=O)C(C(=O)OCC)C1OCc2ccccc21. The molecule has 20 heavy (non-hydrogen) atoms.